The van der Waals surface area contributed by atoms with Gasteiger partial charge in [-0.25, -0.2) is 0 Å². The third kappa shape index (κ3) is 0.0237. The molecule has 0 heteroatoms. The van der Waals surface area contributed by atoms with Crippen LogP contribution in [0.5, 0.6) is 0 Å². The number of rotatable bonds is 0. The van der Waals surface area contributed by atoms with E-state index in [1.54, 1.807) is 0 Å². The summed E-state index contributed by atoms with van der Waals surface area (Å²) >= 11 is 0. The van der Waals surface area contributed by atoms with Gasteiger partial charge < -0.3 is 0 Å². The van der Waals surface area contributed by atoms with E-state index in [2.05, 4.69) is 6.92 Å². The maximum Gasteiger partial charge on any atom is -0.0130 e. The van der Waals surface area contributed by atoms with Gasteiger partial charge in [-0.1, -0.05) is 6.92 Å². The summed E-state index contributed by atoms with van der Waals surface area (Å²) in [6.45, 7) is 2.46. The second-order valence-electron chi connectivity index (χ2n) is 3.70. The molecule has 0 radical (unpaired) electrons. The Kier molecular flexibility index (Phi) is 0.0560. The van der Waals surface area contributed by atoms with Crippen molar-refractivity contribution in [3.8, 4) is 0 Å². The van der Waals surface area contributed by atoms with Crippen LogP contribution in [0.4, 0.5) is 0 Å². The zero-order valence-electron chi connectivity index (χ0n) is 3.73. The first-order chi connectivity index (χ1) is 2.86. The van der Waals surface area contributed by atoms with Crippen molar-refractivity contribution in [3.63, 3.8) is 0 Å². The summed E-state index contributed by atoms with van der Waals surface area (Å²) in [5.41, 5.74) is 2.12. The molecule has 4 fully saturated rings. The summed E-state index contributed by atoms with van der Waals surface area (Å²) in [7, 11) is 0. The van der Waals surface area contributed by atoms with Crippen molar-refractivity contribution in [3.05, 3.63) is 0 Å². The van der Waals surface area contributed by atoms with Gasteiger partial charge in [0.1, 0.15) is 0 Å². The fourth-order valence-electron chi connectivity index (χ4n) is 3.50. The van der Waals surface area contributed by atoms with E-state index in [0.717, 1.165) is 10.8 Å². The Morgan fingerprint density at radius 2 is 1.67 bits per heavy atom. The summed E-state index contributed by atoms with van der Waals surface area (Å²) in [6, 6.07) is 0. The quantitative estimate of drug-likeness (QED) is 0.403. The minimum absolute atomic E-state index is 1.01. The predicted molar refractivity (Wildman–Crippen MR) is 21.0 cm³/mol. The molecule has 1 spiro atoms. The maximum atomic E-state index is 2.46. The Morgan fingerprint density at radius 1 is 1.33 bits per heavy atom. The first kappa shape index (κ1) is 1.85. The molecule has 0 aromatic carbocycles. The third-order valence-corrected chi connectivity index (χ3v) is 4.14. The molecule has 0 N–H and O–H groups in total. The van der Waals surface area contributed by atoms with Gasteiger partial charge in [0.15, 0.2) is 0 Å². The van der Waals surface area contributed by atoms with Crippen molar-refractivity contribution >= 4 is 0 Å². The first-order valence-electron chi connectivity index (χ1n) is 2.86. The van der Waals surface area contributed by atoms with Gasteiger partial charge in [-0.2, -0.15) is 0 Å². The van der Waals surface area contributed by atoms with E-state index in [4.69, 9.17) is 0 Å². The second-order valence-corrected chi connectivity index (χ2v) is 3.70. The van der Waals surface area contributed by atoms with Gasteiger partial charge in [0.25, 0.3) is 0 Å². The summed E-state index contributed by atoms with van der Waals surface area (Å²) in [4.78, 5) is 0. The van der Waals surface area contributed by atoms with Crippen molar-refractivity contribution in [1.82, 2.24) is 0 Å². The summed E-state index contributed by atoms with van der Waals surface area (Å²) in [5, 5.41) is 0. The normalized spacial score (nSPS) is 118. The van der Waals surface area contributed by atoms with Gasteiger partial charge in [-0.3, -0.25) is 0 Å². The molecule has 0 aromatic heterocycles. The molecule has 0 aromatic rings. The van der Waals surface area contributed by atoms with E-state index in [-0.39, 0.29) is 0 Å². The molecule has 30 valence electrons. The van der Waals surface area contributed by atoms with Gasteiger partial charge in [0, 0.05) is 0 Å². The monoisotopic (exact) mass is 78.0 g/mol. The van der Waals surface area contributed by atoms with Crippen molar-refractivity contribution in [2.24, 2.45) is 28.6 Å². The standard InChI is InChI=1S/C6H6/c1-5-3-2-4(5)6(2,3)5/h2-4H,1H3. The van der Waals surface area contributed by atoms with Gasteiger partial charge in [-0.15, -0.1) is 0 Å². The molecule has 2 atom stereocenters. The highest BCUT2D eigenvalue weighted by Crippen LogP contribution is 3.30. The molecule has 4 aliphatic carbocycles. The molecular weight excluding hydrogens is 72.1 g/mol. The molecule has 4 aliphatic rings. The Morgan fingerprint density at radius 3 is 1.67 bits per heavy atom. The lowest BCUT2D eigenvalue weighted by molar-refractivity contribution is 0.300. The highest BCUT2D eigenvalue weighted by atomic mass is 15.3. The minimum Gasteiger partial charge on any atom is -0.0585 e. The topological polar surface area (TPSA) is 0 Å². The predicted octanol–water partition coefficient (Wildman–Crippen LogP) is 0.882. The lowest BCUT2D eigenvalue weighted by Gasteiger charge is -2.16. The highest BCUT2D eigenvalue weighted by Gasteiger charge is 3.27. The summed E-state index contributed by atoms with van der Waals surface area (Å²) in [5.74, 6) is 3.92. The lowest BCUT2D eigenvalue weighted by Crippen LogP contribution is -2.13. The molecule has 0 heterocycles. The van der Waals surface area contributed by atoms with Crippen LogP contribution in [-0.4, -0.2) is 0 Å². The first-order valence-corrected chi connectivity index (χ1v) is 2.86. The number of hydrogen-bond acceptors (Lipinski definition) is 0. The Labute approximate surface area is 36.5 Å². The van der Waals surface area contributed by atoms with Gasteiger partial charge in [-0.05, 0) is 28.6 Å². The maximum absolute atomic E-state index is 2.46. The van der Waals surface area contributed by atoms with Crippen LogP contribution >= 0.6 is 0 Å². The zero-order valence-corrected chi connectivity index (χ0v) is 3.73. The van der Waals surface area contributed by atoms with E-state index in [0.29, 0.717) is 0 Å². The lowest BCUT2D eigenvalue weighted by atomic mass is 9.87. The molecule has 2 unspecified atom stereocenters. The molecule has 0 bridgehead atoms. The van der Waals surface area contributed by atoms with E-state index >= 15 is 0 Å². The highest BCUT2D eigenvalue weighted by molar-refractivity contribution is 5.73. The van der Waals surface area contributed by atoms with E-state index < -0.39 is 0 Å². The molecular formula is C6H6. The van der Waals surface area contributed by atoms with Crippen LogP contribution in [0.25, 0.3) is 0 Å². The Hall–Kier alpha value is 0. The molecule has 0 amide bonds. The summed E-state index contributed by atoms with van der Waals surface area (Å²) < 4.78 is 0. The second kappa shape index (κ2) is 0.181. The Bertz CT molecular complexity index is 158. The molecule has 6 heavy (non-hydrogen) atoms. The fraction of sp³-hybridized carbons (Fsp3) is 1.00. The van der Waals surface area contributed by atoms with Crippen LogP contribution in [0.1, 0.15) is 6.92 Å². The fourth-order valence-corrected chi connectivity index (χ4v) is 3.50. The van der Waals surface area contributed by atoms with E-state index in [1.165, 1.54) is 17.8 Å². The van der Waals surface area contributed by atoms with E-state index in [1.807, 2.05) is 0 Å². The number of hydrogen-bond donors (Lipinski definition) is 0. The molecule has 0 aliphatic heterocycles. The Balaban J connectivity index is 2.38. The van der Waals surface area contributed by atoms with Crippen LogP contribution in [0.3, 0.4) is 0 Å². The van der Waals surface area contributed by atoms with Crippen molar-refractivity contribution in [1.29, 1.82) is 0 Å². The molecule has 0 nitrogen and oxygen atoms in total. The molecule has 0 saturated heterocycles. The van der Waals surface area contributed by atoms with Gasteiger partial charge >= 0.3 is 0 Å². The van der Waals surface area contributed by atoms with Crippen molar-refractivity contribution in [2.75, 3.05) is 0 Å². The molecule has 4 saturated carbocycles. The van der Waals surface area contributed by atoms with Gasteiger partial charge in [0.05, 0.1) is 0 Å². The third-order valence-electron chi connectivity index (χ3n) is 4.14. The molecule has 4 rings (SSSR count). The minimum atomic E-state index is 1.01. The van der Waals surface area contributed by atoms with Crippen molar-refractivity contribution < 1.29 is 0 Å². The van der Waals surface area contributed by atoms with Crippen LogP contribution in [-0.2, 0) is 0 Å². The van der Waals surface area contributed by atoms with Crippen molar-refractivity contribution in [2.45, 2.75) is 6.92 Å². The van der Waals surface area contributed by atoms with Crippen LogP contribution in [0, 0.1) is 28.6 Å². The smallest absolute Gasteiger partial charge is 0.0130 e. The average Bonchev–Trinajstić information content (AvgIpc) is 2.08. The average molecular weight is 78.1 g/mol. The zero-order chi connectivity index (χ0) is 3.73. The van der Waals surface area contributed by atoms with Crippen LogP contribution < -0.4 is 0 Å². The summed E-state index contributed by atoms with van der Waals surface area (Å²) in [6.07, 6.45) is 0. The largest absolute Gasteiger partial charge is 0.0585 e. The SMILES string of the molecule is CC12C3C4C1C432. The van der Waals surface area contributed by atoms with Crippen LogP contribution in [0.15, 0.2) is 0 Å². The van der Waals surface area contributed by atoms with Gasteiger partial charge in [0.2, 0.25) is 0 Å². The van der Waals surface area contributed by atoms with E-state index in [9.17, 15) is 0 Å². The van der Waals surface area contributed by atoms with Crippen LogP contribution in [0.2, 0.25) is 0 Å². The number of fused-ring (bicyclic) bond motifs is 4.